The third-order valence-corrected chi connectivity index (χ3v) is 5.38. The highest BCUT2D eigenvalue weighted by molar-refractivity contribution is 7.18. The van der Waals surface area contributed by atoms with Crippen molar-refractivity contribution in [3.8, 4) is 0 Å². The zero-order valence-corrected chi connectivity index (χ0v) is 14.5. The number of unbranched alkanes of at least 4 members (excludes halogenated alkanes) is 5. The first-order valence-electron chi connectivity index (χ1n) is 8.44. The molecule has 4 nitrogen and oxygen atoms in total. The fourth-order valence-electron chi connectivity index (χ4n) is 2.81. The minimum absolute atomic E-state index is 0.425. The highest BCUT2D eigenvalue weighted by atomic mass is 32.1. The van der Waals surface area contributed by atoms with Gasteiger partial charge in [-0.05, 0) is 18.9 Å². The Balaban J connectivity index is 1.90. The van der Waals surface area contributed by atoms with Crippen LogP contribution in [0.3, 0.4) is 0 Å². The monoisotopic (exact) mass is 321 g/mol. The topological polar surface area (TPSA) is 71.8 Å². The highest BCUT2D eigenvalue weighted by Crippen LogP contribution is 2.33. The first-order valence-corrected chi connectivity index (χ1v) is 9.26. The first kappa shape index (κ1) is 17.0. The van der Waals surface area contributed by atoms with Crippen LogP contribution in [0.4, 0.5) is 0 Å². The second kappa shape index (κ2) is 8.32. The van der Waals surface area contributed by atoms with E-state index in [1.54, 1.807) is 11.3 Å². The Kier molecular flexibility index (Phi) is 6.43. The fourth-order valence-corrected chi connectivity index (χ4v) is 4.00. The summed E-state index contributed by atoms with van der Waals surface area (Å²) in [6, 6.07) is 1.82. The molecule has 1 amide bonds. The Morgan fingerprint density at radius 1 is 1.27 bits per heavy atom. The number of fused-ring (bicyclic) bond motifs is 1. The lowest BCUT2D eigenvalue weighted by Crippen LogP contribution is -2.10. The van der Waals surface area contributed by atoms with Crippen LogP contribution in [0.15, 0.2) is 6.07 Å². The van der Waals surface area contributed by atoms with Crippen molar-refractivity contribution in [3.05, 3.63) is 16.8 Å². The number of primary amides is 1. The number of nitrogens with zero attached hydrogens (tertiary/aromatic N) is 1. The van der Waals surface area contributed by atoms with Gasteiger partial charge in [-0.3, -0.25) is 4.79 Å². The summed E-state index contributed by atoms with van der Waals surface area (Å²) in [5, 5.41) is 1.19. The summed E-state index contributed by atoms with van der Waals surface area (Å²) < 4.78 is 1.03. The van der Waals surface area contributed by atoms with Crippen molar-refractivity contribution < 1.29 is 4.79 Å². The number of hydrogen-bond donors (Lipinski definition) is 2. The maximum absolute atomic E-state index is 11.2. The Labute approximate surface area is 136 Å². The van der Waals surface area contributed by atoms with Crippen LogP contribution in [0.25, 0.3) is 10.3 Å². The third kappa shape index (κ3) is 4.32. The van der Waals surface area contributed by atoms with Gasteiger partial charge in [0.05, 0.1) is 9.71 Å². The van der Waals surface area contributed by atoms with Gasteiger partial charge < -0.3 is 10.7 Å². The number of carbonyl (C=O) groups is 1. The van der Waals surface area contributed by atoms with Crippen LogP contribution in [0, 0.1) is 0 Å². The third-order valence-electron chi connectivity index (χ3n) is 4.21. The van der Waals surface area contributed by atoms with Crippen LogP contribution < -0.4 is 5.73 Å². The molecule has 2 rings (SSSR count). The number of hydrogen-bond acceptors (Lipinski definition) is 3. The zero-order valence-electron chi connectivity index (χ0n) is 13.7. The highest BCUT2D eigenvalue weighted by Gasteiger charge is 2.16. The Morgan fingerprint density at radius 2 is 2.00 bits per heavy atom. The SMILES string of the molecule is CCCCCCCCC(CC)c1nc2[nH]c(C(N)=O)cc2s1. The van der Waals surface area contributed by atoms with E-state index in [2.05, 4.69) is 23.8 Å². The van der Waals surface area contributed by atoms with Gasteiger partial charge in [-0.25, -0.2) is 4.98 Å². The maximum atomic E-state index is 11.2. The molecule has 0 radical (unpaired) electrons. The largest absolute Gasteiger partial charge is 0.364 e. The number of nitrogens with one attached hydrogen (secondary N) is 1. The van der Waals surface area contributed by atoms with Gasteiger partial charge in [0.1, 0.15) is 11.3 Å². The van der Waals surface area contributed by atoms with Crippen molar-refractivity contribution in [3.63, 3.8) is 0 Å². The number of nitrogens with two attached hydrogens (primary N) is 1. The van der Waals surface area contributed by atoms with Crippen molar-refractivity contribution in [1.82, 2.24) is 9.97 Å². The van der Waals surface area contributed by atoms with Gasteiger partial charge in [0.15, 0.2) is 0 Å². The summed E-state index contributed by atoms with van der Waals surface area (Å²) in [4.78, 5) is 18.8. The van der Waals surface area contributed by atoms with E-state index in [1.807, 2.05) is 6.07 Å². The van der Waals surface area contributed by atoms with Gasteiger partial charge in [-0.2, -0.15) is 0 Å². The molecule has 0 aliphatic heterocycles. The average molecular weight is 321 g/mol. The molecule has 0 saturated carbocycles. The van der Waals surface area contributed by atoms with Crippen LogP contribution in [0.5, 0.6) is 0 Å². The van der Waals surface area contributed by atoms with E-state index in [0.717, 1.165) is 16.8 Å². The molecular formula is C17H27N3OS. The van der Waals surface area contributed by atoms with Gasteiger partial charge in [0, 0.05) is 5.92 Å². The minimum atomic E-state index is -0.425. The smallest absolute Gasteiger partial charge is 0.265 e. The molecule has 22 heavy (non-hydrogen) atoms. The standard InChI is InChI=1S/C17H27N3OS/c1-3-5-6-7-8-9-10-12(4-2)17-20-16-14(22-17)11-13(19-16)15(18)21/h11-12,19H,3-10H2,1-2H3,(H2,18,21). The number of rotatable bonds is 10. The summed E-state index contributed by atoms with van der Waals surface area (Å²) in [6.45, 7) is 4.48. The number of amides is 1. The number of H-pyrrole nitrogens is 1. The second-order valence-electron chi connectivity index (χ2n) is 5.97. The number of aromatic nitrogens is 2. The first-order chi connectivity index (χ1) is 10.7. The quantitative estimate of drug-likeness (QED) is 0.607. The van der Waals surface area contributed by atoms with E-state index >= 15 is 0 Å². The lowest BCUT2D eigenvalue weighted by molar-refractivity contribution is 0.0996. The molecule has 0 aromatic carbocycles. The summed E-state index contributed by atoms with van der Waals surface area (Å²) in [5.74, 6) is 0.111. The van der Waals surface area contributed by atoms with Crippen molar-refractivity contribution in [2.45, 2.75) is 71.1 Å². The molecule has 1 atom stereocenters. The Morgan fingerprint density at radius 3 is 2.64 bits per heavy atom. The Bertz CT molecular complexity index is 571. The Hall–Kier alpha value is -1.36. The van der Waals surface area contributed by atoms with Crippen LogP contribution >= 0.6 is 11.3 Å². The molecule has 0 saturated heterocycles. The van der Waals surface area contributed by atoms with Crippen molar-refractivity contribution in [2.24, 2.45) is 5.73 Å². The molecule has 1 unspecified atom stereocenters. The van der Waals surface area contributed by atoms with Gasteiger partial charge in [0.2, 0.25) is 0 Å². The number of aromatic amines is 1. The zero-order chi connectivity index (χ0) is 15.9. The molecule has 5 heteroatoms. The maximum Gasteiger partial charge on any atom is 0.265 e. The van der Waals surface area contributed by atoms with Gasteiger partial charge in [-0.15, -0.1) is 11.3 Å². The van der Waals surface area contributed by atoms with E-state index in [4.69, 9.17) is 5.73 Å². The van der Waals surface area contributed by atoms with E-state index in [-0.39, 0.29) is 0 Å². The number of thiazole rings is 1. The van der Waals surface area contributed by atoms with Crippen LogP contribution in [-0.4, -0.2) is 15.9 Å². The summed E-state index contributed by atoms with van der Waals surface area (Å²) in [6.07, 6.45) is 10.3. The lowest BCUT2D eigenvalue weighted by atomic mass is 9.98. The minimum Gasteiger partial charge on any atom is -0.364 e. The van der Waals surface area contributed by atoms with Gasteiger partial charge >= 0.3 is 0 Å². The summed E-state index contributed by atoms with van der Waals surface area (Å²) in [7, 11) is 0. The van der Waals surface area contributed by atoms with Crippen molar-refractivity contribution >= 4 is 27.6 Å². The van der Waals surface area contributed by atoms with E-state index in [1.165, 1.54) is 50.0 Å². The molecule has 2 heterocycles. The molecule has 3 N–H and O–H groups in total. The molecule has 2 aromatic rings. The second-order valence-corrected chi connectivity index (χ2v) is 7.04. The van der Waals surface area contributed by atoms with Crippen molar-refractivity contribution in [2.75, 3.05) is 0 Å². The average Bonchev–Trinajstić information content (AvgIpc) is 3.05. The van der Waals surface area contributed by atoms with Crippen molar-refractivity contribution in [1.29, 1.82) is 0 Å². The molecule has 122 valence electrons. The molecule has 0 aliphatic carbocycles. The van der Waals surface area contributed by atoms with Crippen LogP contribution in [-0.2, 0) is 0 Å². The lowest BCUT2D eigenvalue weighted by Gasteiger charge is -2.11. The molecule has 0 aliphatic rings. The normalized spacial score (nSPS) is 12.8. The predicted octanol–water partition coefficient (Wildman–Crippen LogP) is 4.97. The van der Waals surface area contributed by atoms with Gasteiger partial charge in [-0.1, -0.05) is 52.4 Å². The van der Waals surface area contributed by atoms with E-state index < -0.39 is 5.91 Å². The summed E-state index contributed by atoms with van der Waals surface area (Å²) in [5.41, 5.74) is 6.53. The molecular weight excluding hydrogens is 294 g/mol. The predicted molar refractivity (Wildman–Crippen MR) is 93.5 cm³/mol. The summed E-state index contributed by atoms with van der Waals surface area (Å²) >= 11 is 1.69. The molecule has 0 fully saturated rings. The van der Waals surface area contributed by atoms with Gasteiger partial charge in [0.25, 0.3) is 5.91 Å². The van der Waals surface area contributed by atoms with Crippen LogP contribution in [0.1, 0.15) is 86.6 Å². The molecule has 0 spiro atoms. The molecule has 2 aromatic heterocycles. The molecule has 0 bridgehead atoms. The van der Waals surface area contributed by atoms with Crippen LogP contribution in [0.2, 0.25) is 0 Å². The van der Waals surface area contributed by atoms with E-state index in [9.17, 15) is 4.79 Å². The number of carbonyl (C=O) groups excluding carboxylic acids is 1. The fraction of sp³-hybridized carbons (Fsp3) is 0.647. The van der Waals surface area contributed by atoms with E-state index in [0.29, 0.717) is 11.6 Å².